The minimum absolute atomic E-state index is 0.0756. The molecule has 2 heterocycles. The van der Waals surface area contributed by atoms with Crippen molar-refractivity contribution >= 4 is 54.4 Å². The number of carbonyl (C=O) groups excluding carboxylic acids is 1. The summed E-state index contributed by atoms with van der Waals surface area (Å²) in [5.74, 6) is -0.0756. The Kier molecular flexibility index (Phi) is 5.89. The average molecular weight is 563 g/mol. The summed E-state index contributed by atoms with van der Waals surface area (Å²) in [7, 11) is 0. The van der Waals surface area contributed by atoms with Crippen LogP contribution in [0.15, 0.2) is 86.8 Å². The Balaban J connectivity index is 1.73. The molecule has 0 spiro atoms. The van der Waals surface area contributed by atoms with Crippen LogP contribution in [0.1, 0.15) is 36.2 Å². The standard InChI is InChI=1S/C27H21Br2N3O/c1-16-26(24-15-25(32(31-24)17(2)33)18-8-10-20(28)11-9-18)27(19-6-4-3-5-7-19)22-14-21(29)12-13-23(22)30-16/h3-14,25H,15H2,1-2H3. The summed E-state index contributed by atoms with van der Waals surface area (Å²) < 4.78 is 2.00. The van der Waals surface area contributed by atoms with Crippen LogP contribution in [0.4, 0.5) is 0 Å². The first-order valence-corrected chi connectivity index (χ1v) is 12.3. The molecule has 3 aromatic carbocycles. The number of benzene rings is 3. The van der Waals surface area contributed by atoms with Gasteiger partial charge in [-0.3, -0.25) is 9.78 Å². The highest BCUT2D eigenvalue weighted by atomic mass is 79.9. The van der Waals surface area contributed by atoms with Crippen LogP contribution in [0.2, 0.25) is 0 Å². The van der Waals surface area contributed by atoms with Crippen LogP contribution in [0, 0.1) is 6.92 Å². The molecule has 1 amide bonds. The van der Waals surface area contributed by atoms with E-state index in [0.717, 1.165) is 53.5 Å². The Labute approximate surface area is 209 Å². The van der Waals surface area contributed by atoms with Gasteiger partial charge < -0.3 is 0 Å². The number of fused-ring (bicyclic) bond motifs is 1. The SMILES string of the molecule is CC(=O)N1N=C(c2c(C)nc3ccc(Br)cc3c2-c2ccccc2)CC1c1ccc(Br)cc1. The first-order valence-electron chi connectivity index (χ1n) is 10.7. The zero-order chi connectivity index (χ0) is 23.1. The summed E-state index contributed by atoms with van der Waals surface area (Å²) in [6, 6.07) is 24.4. The van der Waals surface area contributed by atoms with E-state index in [2.05, 4.69) is 50.1 Å². The monoisotopic (exact) mass is 561 g/mol. The average Bonchev–Trinajstić information content (AvgIpc) is 3.25. The lowest BCUT2D eigenvalue weighted by atomic mass is 9.89. The van der Waals surface area contributed by atoms with Crippen LogP contribution in [0.5, 0.6) is 0 Å². The molecule has 0 radical (unpaired) electrons. The molecule has 1 aliphatic rings. The zero-order valence-corrected chi connectivity index (χ0v) is 21.4. The summed E-state index contributed by atoms with van der Waals surface area (Å²) in [4.78, 5) is 17.5. The number of pyridine rings is 1. The van der Waals surface area contributed by atoms with Gasteiger partial charge in [0, 0.05) is 44.5 Å². The van der Waals surface area contributed by atoms with Crippen LogP contribution in [0.25, 0.3) is 22.0 Å². The lowest BCUT2D eigenvalue weighted by molar-refractivity contribution is -0.130. The fourth-order valence-corrected chi connectivity index (χ4v) is 5.14. The van der Waals surface area contributed by atoms with Gasteiger partial charge in [0.2, 0.25) is 5.91 Å². The Bertz CT molecular complexity index is 1400. The molecule has 6 heteroatoms. The van der Waals surface area contributed by atoms with E-state index < -0.39 is 0 Å². The number of aryl methyl sites for hydroxylation is 1. The van der Waals surface area contributed by atoms with Gasteiger partial charge in [-0.25, -0.2) is 5.01 Å². The van der Waals surface area contributed by atoms with Crippen molar-refractivity contribution in [1.82, 2.24) is 9.99 Å². The molecule has 0 fully saturated rings. The second kappa shape index (κ2) is 8.84. The third-order valence-electron chi connectivity index (χ3n) is 5.97. The normalized spacial score (nSPS) is 15.7. The number of hydrogen-bond donors (Lipinski definition) is 0. The van der Waals surface area contributed by atoms with Crippen molar-refractivity contribution in [2.24, 2.45) is 5.10 Å². The number of amides is 1. The van der Waals surface area contributed by atoms with Gasteiger partial charge in [-0.05, 0) is 48.4 Å². The topological polar surface area (TPSA) is 45.6 Å². The van der Waals surface area contributed by atoms with E-state index in [-0.39, 0.29) is 11.9 Å². The Hall–Kier alpha value is -2.83. The molecule has 0 aliphatic carbocycles. The predicted molar refractivity (Wildman–Crippen MR) is 140 cm³/mol. The quantitative estimate of drug-likeness (QED) is 0.260. The molecule has 164 valence electrons. The molecule has 1 aromatic heterocycles. The largest absolute Gasteiger partial charge is 0.273 e. The third-order valence-corrected chi connectivity index (χ3v) is 6.99. The van der Waals surface area contributed by atoms with E-state index in [9.17, 15) is 4.79 Å². The van der Waals surface area contributed by atoms with Gasteiger partial charge in [0.05, 0.1) is 17.3 Å². The van der Waals surface area contributed by atoms with Crippen LogP contribution >= 0.6 is 31.9 Å². The molecule has 0 saturated carbocycles. The van der Waals surface area contributed by atoms with Crippen molar-refractivity contribution in [3.05, 3.63) is 98.6 Å². The maximum absolute atomic E-state index is 12.6. The van der Waals surface area contributed by atoms with Crippen molar-refractivity contribution in [3.8, 4) is 11.1 Å². The lowest BCUT2D eigenvalue weighted by Crippen LogP contribution is -2.24. The van der Waals surface area contributed by atoms with E-state index in [1.807, 2.05) is 61.5 Å². The van der Waals surface area contributed by atoms with Crippen molar-refractivity contribution in [3.63, 3.8) is 0 Å². The van der Waals surface area contributed by atoms with E-state index >= 15 is 0 Å². The number of nitrogens with zero attached hydrogens (tertiary/aromatic N) is 3. The molecule has 1 atom stereocenters. The van der Waals surface area contributed by atoms with Gasteiger partial charge in [-0.15, -0.1) is 0 Å². The minimum atomic E-state index is -0.146. The van der Waals surface area contributed by atoms with Crippen LogP contribution in [-0.2, 0) is 4.79 Å². The highest BCUT2D eigenvalue weighted by Gasteiger charge is 2.33. The van der Waals surface area contributed by atoms with E-state index in [1.165, 1.54) is 0 Å². The number of halogens is 2. The molecule has 1 aliphatic heterocycles. The molecular weight excluding hydrogens is 542 g/mol. The number of rotatable bonds is 3. The highest BCUT2D eigenvalue weighted by molar-refractivity contribution is 9.10. The van der Waals surface area contributed by atoms with Crippen LogP contribution in [-0.4, -0.2) is 21.6 Å². The lowest BCUT2D eigenvalue weighted by Gasteiger charge is -2.20. The zero-order valence-electron chi connectivity index (χ0n) is 18.2. The maximum Gasteiger partial charge on any atom is 0.240 e. The fraction of sp³-hybridized carbons (Fsp3) is 0.148. The molecule has 4 aromatic rings. The second-order valence-electron chi connectivity index (χ2n) is 8.16. The molecular formula is C27H21Br2N3O. The number of hydrogen-bond acceptors (Lipinski definition) is 3. The second-order valence-corrected chi connectivity index (χ2v) is 9.99. The minimum Gasteiger partial charge on any atom is -0.273 e. The Morgan fingerprint density at radius 1 is 0.939 bits per heavy atom. The van der Waals surface area contributed by atoms with Crippen LogP contribution < -0.4 is 0 Å². The summed E-state index contributed by atoms with van der Waals surface area (Å²) in [6.07, 6.45) is 0.628. The summed E-state index contributed by atoms with van der Waals surface area (Å²) in [5, 5.41) is 7.52. The van der Waals surface area contributed by atoms with Crippen molar-refractivity contribution < 1.29 is 4.79 Å². The van der Waals surface area contributed by atoms with Crippen molar-refractivity contribution in [2.75, 3.05) is 0 Å². The summed E-state index contributed by atoms with van der Waals surface area (Å²) in [5.41, 5.74) is 6.97. The van der Waals surface area contributed by atoms with Gasteiger partial charge in [0.1, 0.15) is 0 Å². The Morgan fingerprint density at radius 2 is 1.64 bits per heavy atom. The first-order chi connectivity index (χ1) is 15.9. The fourth-order valence-electron chi connectivity index (χ4n) is 4.51. The van der Waals surface area contributed by atoms with E-state index in [0.29, 0.717) is 6.42 Å². The molecule has 1 unspecified atom stereocenters. The smallest absolute Gasteiger partial charge is 0.240 e. The van der Waals surface area contributed by atoms with Crippen molar-refractivity contribution in [1.29, 1.82) is 0 Å². The molecule has 0 saturated heterocycles. The van der Waals surface area contributed by atoms with Crippen LogP contribution in [0.3, 0.4) is 0 Å². The van der Waals surface area contributed by atoms with Crippen molar-refractivity contribution in [2.45, 2.75) is 26.3 Å². The van der Waals surface area contributed by atoms with Gasteiger partial charge in [-0.2, -0.15) is 5.10 Å². The third kappa shape index (κ3) is 4.13. The number of carbonyl (C=O) groups is 1. The van der Waals surface area contributed by atoms with E-state index in [4.69, 9.17) is 10.1 Å². The van der Waals surface area contributed by atoms with Gasteiger partial charge in [0.15, 0.2) is 0 Å². The number of hydrazone groups is 1. The molecule has 33 heavy (non-hydrogen) atoms. The predicted octanol–water partition coefficient (Wildman–Crippen LogP) is 7.43. The first kappa shape index (κ1) is 22.0. The summed E-state index contributed by atoms with van der Waals surface area (Å²) in [6.45, 7) is 3.59. The van der Waals surface area contributed by atoms with Gasteiger partial charge in [-0.1, -0.05) is 74.3 Å². The van der Waals surface area contributed by atoms with Gasteiger partial charge in [0.25, 0.3) is 0 Å². The summed E-state index contributed by atoms with van der Waals surface area (Å²) >= 11 is 7.12. The molecule has 0 bridgehead atoms. The molecule has 5 rings (SSSR count). The Morgan fingerprint density at radius 3 is 2.33 bits per heavy atom. The highest BCUT2D eigenvalue weighted by Crippen LogP contribution is 2.40. The van der Waals surface area contributed by atoms with Gasteiger partial charge >= 0.3 is 0 Å². The van der Waals surface area contributed by atoms with E-state index in [1.54, 1.807) is 11.9 Å². The number of aromatic nitrogens is 1. The maximum atomic E-state index is 12.6. The molecule has 0 N–H and O–H groups in total. The molecule has 4 nitrogen and oxygen atoms in total.